The number of anilines is 2. The molecule has 0 atom stereocenters. The molecule has 0 spiro atoms. The average molecular weight is 373 g/mol. The number of carbonyl (C=O) groups excluding carboxylic acids is 2. The molecule has 0 saturated carbocycles. The van der Waals surface area contributed by atoms with Gasteiger partial charge in [-0.05, 0) is 30.7 Å². The summed E-state index contributed by atoms with van der Waals surface area (Å²) in [7, 11) is 0. The van der Waals surface area contributed by atoms with Crippen molar-refractivity contribution < 1.29 is 9.59 Å². The maximum absolute atomic E-state index is 12.7. The fourth-order valence-electron chi connectivity index (χ4n) is 2.48. The van der Waals surface area contributed by atoms with Crippen LogP contribution in [0.4, 0.5) is 11.4 Å². The molecule has 0 aliphatic rings. The summed E-state index contributed by atoms with van der Waals surface area (Å²) in [5.41, 5.74) is 2.13. The summed E-state index contributed by atoms with van der Waals surface area (Å²) in [4.78, 5) is 24.8. The molecule has 0 bridgehead atoms. The summed E-state index contributed by atoms with van der Waals surface area (Å²) in [6.45, 7) is 3.65. The minimum atomic E-state index is -0.256. The van der Waals surface area contributed by atoms with Gasteiger partial charge >= 0.3 is 0 Å². The highest BCUT2D eigenvalue weighted by Gasteiger charge is 2.18. The van der Waals surface area contributed by atoms with Gasteiger partial charge in [0.15, 0.2) is 0 Å². The zero-order valence-electron chi connectivity index (χ0n) is 13.9. The Morgan fingerprint density at radius 2 is 1.72 bits per heavy atom. The van der Waals surface area contributed by atoms with Crippen molar-refractivity contribution in [1.29, 1.82) is 0 Å². The van der Waals surface area contributed by atoms with Crippen molar-refractivity contribution in [2.24, 2.45) is 0 Å². The molecule has 25 heavy (non-hydrogen) atoms. The fourth-order valence-corrected chi connectivity index (χ4v) is 3.90. The second kappa shape index (κ2) is 7.25. The third-order valence-electron chi connectivity index (χ3n) is 3.92. The molecule has 3 rings (SSSR count). The molecule has 128 valence electrons. The molecule has 0 fully saturated rings. The molecule has 2 amide bonds. The van der Waals surface area contributed by atoms with Gasteiger partial charge in [-0.15, -0.1) is 11.3 Å². The Bertz CT molecular complexity index is 965. The van der Waals surface area contributed by atoms with Crippen LogP contribution in [0.2, 0.25) is 5.02 Å². The molecule has 0 aliphatic carbocycles. The molecule has 0 saturated heterocycles. The van der Waals surface area contributed by atoms with Crippen LogP contribution in [0.5, 0.6) is 0 Å². The molecule has 0 radical (unpaired) electrons. The standard InChI is InChI=1S/C19H17ClN2O2S/c1-3-16(23)21-13-8-6-9-14(11(13)2)22-19(24)18-17(20)12-7-4-5-10-15(12)25-18/h4-10H,3H2,1-2H3,(H,21,23)(H,22,24). The molecular weight excluding hydrogens is 356 g/mol. The molecule has 0 aliphatic heterocycles. The summed E-state index contributed by atoms with van der Waals surface area (Å²) in [6.07, 6.45) is 0.396. The van der Waals surface area contributed by atoms with Gasteiger partial charge in [0.25, 0.3) is 5.91 Å². The summed E-state index contributed by atoms with van der Waals surface area (Å²) in [6, 6.07) is 13.1. The average Bonchev–Trinajstić information content (AvgIpc) is 2.95. The van der Waals surface area contributed by atoms with Crippen molar-refractivity contribution in [1.82, 2.24) is 0 Å². The SMILES string of the molecule is CCC(=O)Nc1cccc(NC(=O)c2sc3ccccc3c2Cl)c1C. The molecule has 2 N–H and O–H groups in total. The van der Waals surface area contributed by atoms with E-state index in [0.29, 0.717) is 27.7 Å². The van der Waals surface area contributed by atoms with Gasteiger partial charge in [0, 0.05) is 27.9 Å². The Morgan fingerprint density at radius 3 is 2.40 bits per heavy atom. The van der Waals surface area contributed by atoms with E-state index in [4.69, 9.17) is 11.6 Å². The van der Waals surface area contributed by atoms with E-state index in [1.54, 1.807) is 19.1 Å². The highest BCUT2D eigenvalue weighted by molar-refractivity contribution is 7.21. The molecule has 3 aromatic rings. The van der Waals surface area contributed by atoms with Gasteiger partial charge in [0.05, 0.1) is 5.02 Å². The maximum Gasteiger partial charge on any atom is 0.267 e. The van der Waals surface area contributed by atoms with Crippen molar-refractivity contribution in [3.05, 3.63) is 57.9 Å². The number of benzene rings is 2. The van der Waals surface area contributed by atoms with Crippen LogP contribution >= 0.6 is 22.9 Å². The molecule has 4 nitrogen and oxygen atoms in total. The van der Waals surface area contributed by atoms with Gasteiger partial charge in [-0.25, -0.2) is 0 Å². The Hall–Kier alpha value is -2.37. The van der Waals surface area contributed by atoms with E-state index >= 15 is 0 Å². The van der Waals surface area contributed by atoms with E-state index in [9.17, 15) is 9.59 Å². The monoisotopic (exact) mass is 372 g/mol. The largest absolute Gasteiger partial charge is 0.326 e. The smallest absolute Gasteiger partial charge is 0.267 e. The van der Waals surface area contributed by atoms with E-state index in [1.807, 2.05) is 37.3 Å². The molecule has 0 unspecified atom stereocenters. The number of hydrogen-bond donors (Lipinski definition) is 2. The van der Waals surface area contributed by atoms with Gasteiger partial charge in [-0.3, -0.25) is 9.59 Å². The number of amides is 2. The van der Waals surface area contributed by atoms with Crippen molar-refractivity contribution >= 4 is 56.2 Å². The maximum atomic E-state index is 12.7. The first-order valence-electron chi connectivity index (χ1n) is 7.89. The molecule has 1 heterocycles. The van der Waals surface area contributed by atoms with Crippen molar-refractivity contribution in [3.8, 4) is 0 Å². The summed E-state index contributed by atoms with van der Waals surface area (Å²) in [5, 5.41) is 7.07. The van der Waals surface area contributed by atoms with Gasteiger partial charge in [-0.1, -0.05) is 42.8 Å². The zero-order valence-corrected chi connectivity index (χ0v) is 15.4. The van der Waals surface area contributed by atoms with Crippen LogP contribution in [-0.2, 0) is 4.79 Å². The molecular formula is C19H17ClN2O2S. The molecule has 2 aromatic carbocycles. The first-order valence-corrected chi connectivity index (χ1v) is 9.08. The topological polar surface area (TPSA) is 58.2 Å². The number of hydrogen-bond acceptors (Lipinski definition) is 3. The summed E-state index contributed by atoms with van der Waals surface area (Å²) < 4.78 is 0.971. The third kappa shape index (κ3) is 3.52. The molecule has 6 heteroatoms. The van der Waals surface area contributed by atoms with Crippen LogP contribution in [0, 0.1) is 6.92 Å². The van der Waals surface area contributed by atoms with Crippen LogP contribution in [0.25, 0.3) is 10.1 Å². The summed E-state index contributed by atoms with van der Waals surface area (Å²) in [5.74, 6) is -0.326. The highest BCUT2D eigenvalue weighted by atomic mass is 35.5. The van der Waals surface area contributed by atoms with Gasteiger partial charge in [0.2, 0.25) is 5.91 Å². The Balaban J connectivity index is 1.89. The Kier molecular flexibility index (Phi) is 5.06. The quantitative estimate of drug-likeness (QED) is 0.638. The van der Waals surface area contributed by atoms with E-state index in [2.05, 4.69) is 10.6 Å². The third-order valence-corrected chi connectivity index (χ3v) is 5.59. The van der Waals surface area contributed by atoms with Gasteiger partial charge < -0.3 is 10.6 Å². The zero-order chi connectivity index (χ0) is 18.0. The number of halogens is 1. The second-order valence-electron chi connectivity index (χ2n) is 5.58. The predicted octanol–water partition coefficient (Wildman–Crippen LogP) is 5.46. The van der Waals surface area contributed by atoms with Crippen LogP contribution < -0.4 is 10.6 Å². The van der Waals surface area contributed by atoms with Crippen LogP contribution in [0.15, 0.2) is 42.5 Å². The number of carbonyl (C=O) groups is 2. The van der Waals surface area contributed by atoms with E-state index in [0.717, 1.165) is 15.6 Å². The normalized spacial score (nSPS) is 10.7. The van der Waals surface area contributed by atoms with Crippen molar-refractivity contribution in [2.75, 3.05) is 10.6 Å². The Morgan fingerprint density at radius 1 is 1.04 bits per heavy atom. The number of thiophene rings is 1. The van der Waals surface area contributed by atoms with E-state index in [-0.39, 0.29) is 11.8 Å². The van der Waals surface area contributed by atoms with Gasteiger partial charge in [0.1, 0.15) is 4.88 Å². The minimum absolute atomic E-state index is 0.0703. The van der Waals surface area contributed by atoms with Crippen LogP contribution in [-0.4, -0.2) is 11.8 Å². The first-order chi connectivity index (χ1) is 12.0. The number of nitrogens with one attached hydrogen (secondary N) is 2. The predicted molar refractivity (Wildman–Crippen MR) is 105 cm³/mol. The lowest BCUT2D eigenvalue weighted by atomic mass is 10.1. The lowest BCUT2D eigenvalue weighted by Gasteiger charge is -2.13. The van der Waals surface area contributed by atoms with Crippen molar-refractivity contribution in [3.63, 3.8) is 0 Å². The lowest BCUT2D eigenvalue weighted by Crippen LogP contribution is -2.14. The number of fused-ring (bicyclic) bond motifs is 1. The Labute approximate surface area is 154 Å². The van der Waals surface area contributed by atoms with Gasteiger partial charge in [-0.2, -0.15) is 0 Å². The van der Waals surface area contributed by atoms with Crippen molar-refractivity contribution in [2.45, 2.75) is 20.3 Å². The fraction of sp³-hybridized carbons (Fsp3) is 0.158. The lowest BCUT2D eigenvalue weighted by molar-refractivity contribution is -0.115. The van der Waals surface area contributed by atoms with Crippen LogP contribution in [0.1, 0.15) is 28.6 Å². The summed E-state index contributed by atoms with van der Waals surface area (Å²) >= 11 is 7.73. The molecule has 1 aromatic heterocycles. The first kappa shape index (κ1) is 17.5. The van der Waals surface area contributed by atoms with E-state index in [1.165, 1.54) is 11.3 Å². The van der Waals surface area contributed by atoms with Crippen LogP contribution in [0.3, 0.4) is 0 Å². The second-order valence-corrected chi connectivity index (χ2v) is 7.01. The highest BCUT2D eigenvalue weighted by Crippen LogP contribution is 2.36. The number of rotatable bonds is 4. The minimum Gasteiger partial charge on any atom is -0.326 e. The van der Waals surface area contributed by atoms with E-state index < -0.39 is 0 Å².